The van der Waals surface area contributed by atoms with Gasteiger partial charge in [0, 0.05) is 23.8 Å². The number of rotatable bonds is 5. The Kier molecular flexibility index (Phi) is 5.22. The Morgan fingerprint density at radius 1 is 1.09 bits per heavy atom. The second-order valence-electron chi connectivity index (χ2n) is 6.64. The molecule has 0 aliphatic heterocycles. The molecule has 9 nitrogen and oxygen atoms in total. The van der Waals surface area contributed by atoms with Crippen molar-refractivity contribution >= 4 is 23.2 Å². The zero-order valence-electron chi connectivity index (χ0n) is 16.5. The smallest absolute Gasteiger partial charge is 0.269 e. The zero-order valence-corrected chi connectivity index (χ0v) is 16.5. The summed E-state index contributed by atoms with van der Waals surface area (Å²) >= 11 is 0. The van der Waals surface area contributed by atoms with Crippen molar-refractivity contribution in [1.82, 2.24) is 9.78 Å². The number of nitro groups is 1. The minimum absolute atomic E-state index is 0.0252. The Balaban J connectivity index is 1.71. The average molecular weight is 422 g/mol. The topological polar surface area (TPSA) is 148 Å². The molecule has 4 aromatic rings. The van der Waals surface area contributed by atoms with E-state index in [1.165, 1.54) is 22.9 Å². The number of hydrogen-bond acceptors (Lipinski definition) is 7. The van der Waals surface area contributed by atoms with Crippen molar-refractivity contribution in [3.63, 3.8) is 0 Å². The molecule has 0 aliphatic rings. The number of nitriles is 2. The van der Waals surface area contributed by atoms with Gasteiger partial charge in [-0.05, 0) is 36.4 Å². The molecule has 0 unspecified atom stereocenters. The number of nitrogen functional groups attached to an aromatic ring is 1. The van der Waals surface area contributed by atoms with Crippen LogP contribution >= 0.6 is 0 Å². The van der Waals surface area contributed by atoms with Crippen molar-refractivity contribution in [2.75, 3.05) is 5.73 Å². The molecule has 9 heteroatoms. The van der Waals surface area contributed by atoms with Gasteiger partial charge in [0.2, 0.25) is 0 Å². The summed E-state index contributed by atoms with van der Waals surface area (Å²) in [5.74, 6) is 0.950. The third-order valence-corrected chi connectivity index (χ3v) is 4.69. The van der Waals surface area contributed by atoms with Crippen molar-refractivity contribution in [1.29, 1.82) is 10.5 Å². The monoisotopic (exact) mass is 422 g/mol. The van der Waals surface area contributed by atoms with E-state index in [9.17, 15) is 20.6 Å². The van der Waals surface area contributed by atoms with E-state index < -0.39 is 4.92 Å². The fourth-order valence-electron chi connectivity index (χ4n) is 3.12. The predicted octanol–water partition coefficient (Wildman–Crippen LogP) is 4.56. The fraction of sp³-hybridized carbons (Fsp3) is 0. The van der Waals surface area contributed by atoms with Crippen LogP contribution in [0.4, 0.5) is 11.5 Å². The lowest BCUT2D eigenvalue weighted by Gasteiger charge is -2.02. The van der Waals surface area contributed by atoms with Crippen molar-refractivity contribution in [2.24, 2.45) is 0 Å². The van der Waals surface area contributed by atoms with Gasteiger partial charge in [0.15, 0.2) is 0 Å². The molecule has 2 heterocycles. The van der Waals surface area contributed by atoms with Crippen LogP contribution in [-0.2, 0) is 0 Å². The number of hydrogen-bond donors (Lipinski definition) is 1. The van der Waals surface area contributed by atoms with Gasteiger partial charge < -0.3 is 10.2 Å². The number of allylic oxidation sites excluding steroid dienone is 1. The highest BCUT2D eigenvalue weighted by Crippen LogP contribution is 2.29. The highest BCUT2D eigenvalue weighted by Gasteiger charge is 2.20. The van der Waals surface area contributed by atoms with Gasteiger partial charge in [0.05, 0.1) is 16.2 Å². The van der Waals surface area contributed by atoms with Crippen LogP contribution in [0.25, 0.3) is 28.7 Å². The number of nitrogens with zero attached hydrogens (tertiary/aromatic N) is 5. The number of non-ortho nitro benzene ring substituents is 1. The van der Waals surface area contributed by atoms with Crippen molar-refractivity contribution < 1.29 is 9.34 Å². The van der Waals surface area contributed by atoms with Crippen LogP contribution in [0.3, 0.4) is 0 Å². The number of anilines is 1. The normalized spacial score (nSPS) is 11.0. The van der Waals surface area contributed by atoms with E-state index in [0.717, 1.165) is 0 Å². The van der Waals surface area contributed by atoms with Crippen LogP contribution < -0.4 is 5.73 Å². The Hall–Kier alpha value is -5.15. The molecule has 154 valence electrons. The van der Waals surface area contributed by atoms with Crippen LogP contribution in [0.5, 0.6) is 0 Å². The third-order valence-electron chi connectivity index (χ3n) is 4.69. The number of furan rings is 1. The molecule has 0 aliphatic carbocycles. The summed E-state index contributed by atoms with van der Waals surface area (Å²) in [7, 11) is 0. The molecule has 0 radical (unpaired) electrons. The van der Waals surface area contributed by atoms with E-state index >= 15 is 0 Å². The van der Waals surface area contributed by atoms with Gasteiger partial charge in [-0.3, -0.25) is 10.1 Å². The van der Waals surface area contributed by atoms with Gasteiger partial charge in [0.1, 0.15) is 40.7 Å². The SMILES string of the molecule is N#CC(=Cc1ccc(-c2ccc([N+](=O)[O-])cc2)o1)c1nn(-c2ccccc2)c(N)c1C#N. The quantitative estimate of drug-likeness (QED) is 0.281. The largest absolute Gasteiger partial charge is 0.457 e. The standard InChI is InChI=1S/C23H14N6O3/c24-13-16(22-20(14-25)23(26)28(27-22)17-4-2-1-3-5-17)12-19-10-11-21(32-19)15-6-8-18(9-7-15)29(30)31/h1-12H,26H2. The second-order valence-corrected chi connectivity index (χ2v) is 6.64. The number of para-hydroxylation sites is 1. The van der Waals surface area contributed by atoms with E-state index in [2.05, 4.69) is 5.10 Å². The second kappa shape index (κ2) is 8.30. The zero-order chi connectivity index (χ0) is 22.7. The molecule has 0 saturated heterocycles. The Bertz CT molecular complexity index is 1420. The first-order valence-electron chi connectivity index (χ1n) is 9.32. The summed E-state index contributed by atoms with van der Waals surface area (Å²) in [6, 6.07) is 22.3. The Morgan fingerprint density at radius 3 is 2.44 bits per heavy atom. The molecule has 0 spiro atoms. The van der Waals surface area contributed by atoms with Gasteiger partial charge in [-0.2, -0.15) is 15.6 Å². The molecule has 2 aromatic heterocycles. The van der Waals surface area contributed by atoms with E-state index in [0.29, 0.717) is 22.8 Å². The van der Waals surface area contributed by atoms with Gasteiger partial charge in [-0.1, -0.05) is 18.2 Å². The van der Waals surface area contributed by atoms with Crippen molar-refractivity contribution in [3.05, 3.63) is 93.9 Å². The number of nitrogens with two attached hydrogens (primary N) is 1. The maximum Gasteiger partial charge on any atom is 0.269 e. The minimum Gasteiger partial charge on any atom is -0.457 e. The molecule has 2 N–H and O–H groups in total. The number of benzene rings is 2. The Morgan fingerprint density at radius 2 is 1.81 bits per heavy atom. The lowest BCUT2D eigenvalue weighted by molar-refractivity contribution is -0.384. The maximum atomic E-state index is 10.8. The first-order valence-corrected chi connectivity index (χ1v) is 9.32. The molecule has 0 saturated carbocycles. The molecular formula is C23H14N6O3. The third kappa shape index (κ3) is 3.70. The van der Waals surface area contributed by atoms with E-state index in [-0.39, 0.29) is 28.3 Å². The van der Waals surface area contributed by atoms with Crippen LogP contribution in [0, 0.1) is 32.8 Å². The molecule has 0 amide bonds. The van der Waals surface area contributed by atoms with E-state index in [4.69, 9.17) is 10.2 Å². The lowest BCUT2D eigenvalue weighted by Crippen LogP contribution is -2.02. The number of aromatic nitrogens is 2. The summed E-state index contributed by atoms with van der Waals surface area (Å²) in [4.78, 5) is 10.3. The summed E-state index contributed by atoms with van der Waals surface area (Å²) < 4.78 is 7.18. The van der Waals surface area contributed by atoms with Crippen LogP contribution in [-0.4, -0.2) is 14.7 Å². The molecule has 0 atom stereocenters. The maximum absolute atomic E-state index is 10.8. The molecule has 2 aromatic carbocycles. The van der Waals surface area contributed by atoms with Crippen LogP contribution in [0.1, 0.15) is 17.0 Å². The molecular weight excluding hydrogens is 408 g/mol. The first kappa shape index (κ1) is 20.1. The first-order chi connectivity index (χ1) is 15.5. The molecule has 0 bridgehead atoms. The highest BCUT2D eigenvalue weighted by atomic mass is 16.6. The van der Waals surface area contributed by atoms with Gasteiger partial charge in [-0.25, -0.2) is 4.68 Å². The summed E-state index contributed by atoms with van der Waals surface area (Å²) in [6.07, 6.45) is 1.47. The van der Waals surface area contributed by atoms with Crippen molar-refractivity contribution in [3.8, 4) is 29.1 Å². The van der Waals surface area contributed by atoms with Crippen LogP contribution in [0.2, 0.25) is 0 Å². The van der Waals surface area contributed by atoms with Gasteiger partial charge in [-0.15, -0.1) is 0 Å². The van der Waals surface area contributed by atoms with Crippen molar-refractivity contribution in [2.45, 2.75) is 0 Å². The molecule has 0 fully saturated rings. The predicted molar refractivity (Wildman–Crippen MR) is 117 cm³/mol. The lowest BCUT2D eigenvalue weighted by atomic mass is 10.1. The minimum atomic E-state index is -0.480. The highest BCUT2D eigenvalue weighted by molar-refractivity contribution is 5.90. The van der Waals surface area contributed by atoms with Gasteiger partial charge in [0.25, 0.3) is 5.69 Å². The molecule has 4 rings (SSSR count). The summed E-state index contributed by atoms with van der Waals surface area (Å²) in [5.41, 5.74) is 7.72. The Labute approximate surface area is 182 Å². The average Bonchev–Trinajstić information content (AvgIpc) is 3.42. The van der Waals surface area contributed by atoms with Crippen LogP contribution in [0.15, 0.2) is 71.1 Å². The van der Waals surface area contributed by atoms with E-state index in [1.807, 2.05) is 30.3 Å². The van der Waals surface area contributed by atoms with E-state index in [1.54, 1.807) is 36.4 Å². The van der Waals surface area contributed by atoms with Gasteiger partial charge >= 0.3 is 0 Å². The molecule has 32 heavy (non-hydrogen) atoms. The summed E-state index contributed by atoms with van der Waals surface area (Å²) in [6.45, 7) is 0. The summed E-state index contributed by atoms with van der Waals surface area (Å²) in [5, 5.41) is 34.5. The fourth-order valence-corrected chi connectivity index (χ4v) is 3.12. The number of nitro benzene ring substituents is 1.